The molecule has 1 heterocycles. The molecule has 0 N–H and O–H groups in total. The third-order valence-electron chi connectivity index (χ3n) is 2.57. The van der Waals surface area contributed by atoms with Crippen LogP contribution in [-0.2, 0) is 4.74 Å². The Morgan fingerprint density at radius 2 is 2.56 bits per heavy atom. The maximum atomic E-state index is 5.52. The first-order valence-corrected chi connectivity index (χ1v) is 4.64. The van der Waals surface area contributed by atoms with Gasteiger partial charge < -0.3 is 4.74 Å². The van der Waals surface area contributed by atoms with Crippen LogP contribution in [-0.4, -0.2) is 18.0 Å². The summed E-state index contributed by atoms with van der Waals surface area (Å²) >= 11 is 3.54. The molecule has 2 heteroatoms. The fourth-order valence-electron chi connectivity index (χ4n) is 1.88. The summed E-state index contributed by atoms with van der Waals surface area (Å²) in [5.74, 6) is 0. The molecule has 0 aromatic rings. The molecule has 0 aromatic carbocycles. The van der Waals surface area contributed by atoms with Crippen molar-refractivity contribution >= 4 is 15.9 Å². The van der Waals surface area contributed by atoms with E-state index in [0.29, 0.717) is 11.5 Å². The van der Waals surface area contributed by atoms with Gasteiger partial charge in [-0.1, -0.05) is 15.9 Å². The highest BCUT2D eigenvalue weighted by molar-refractivity contribution is 9.09. The van der Waals surface area contributed by atoms with E-state index in [1.807, 2.05) is 0 Å². The van der Waals surface area contributed by atoms with E-state index < -0.39 is 0 Å². The second-order valence-corrected chi connectivity index (χ2v) is 3.87. The predicted octanol–water partition coefficient (Wildman–Crippen LogP) is 1.95. The van der Waals surface area contributed by atoms with Crippen LogP contribution in [0.15, 0.2) is 0 Å². The van der Waals surface area contributed by atoms with Gasteiger partial charge in [-0.05, 0) is 19.3 Å². The average Bonchev–Trinajstić information content (AvgIpc) is 2.46. The topological polar surface area (TPSA) is 9.23 Å². The molecular weight excluding hydrogens is 180 g/mol. The van der Waals surface area contributed by atoms with E-state index in [-0.39, 0.29) is 0 Å². The van der Waals surface area contributed by atoms with E-state index in [1.165, 1.54) is 19.3 Å². The van der Waals surface area contributed by atoms with Gasteiger partial charge in [0.15, 0.2) is 0 Å². The minimum Gasteiger partial charge on any atom is -0.378 e. The number of halogens is 1. The van der Waals surface area contributed by atoms with Crippen molar-refractivity contribution in [2.75, 3.05) is 11.9 Å². The van der Waals surface area contributed by atoms with Crippen LogP contribution in [0.5, 0.6) is 0 Å². The summed E-state index contributed by atoms with van der Waals surface area (Å²) in [5, 5.41) is 1.14. The second-order valence-electron chi connectivity index (χ2n) is 3.31. The zero-order valence-corrected chi connectivity index (χ0v) is 6.99. The quantitative estimate of drug-likeness (QED) is 0.575. The number of rotatable bonds is 1. The largest absolute Gasteiger partial charge is 0.378 e. The molecule has 1 saturated heterocycles. The van der Waals surface area contributed by atoms with E-state index in [9.17, 15) is 0 Å². The molecule has 9 heavy (non-hydrogen) atoms. The molecule has 0 radical (unpaired) electrons. The van der Waals surface area contributed by atoms with E-state index >= 15 is 0 Å². The Balaban J connectivity index is 2.13. The third-order valence-corrected chi connectivity index (χ3v) is 3.76. The van der Waals surface area contributed by atoms with Crippen molar-refractivity contribution in [3.8, 4) is 0 Å². The molecule has 2 rings (SSSR count). The van der Waals surface area contributed by atoms with E-state index in [1.54, 1.807) is 0 Å². The third kappa shape index (κ3) is 0.838. The lowest BCUT2D eigenvalue weighted by atomic mass is 9.91. The summed E-state index contributed by atoms with van der Waals surface area (Å²) in [7, 11) is 0. The monoisotopic (exact) mass is 190 g/mol. The second kappa shape index (κ2) is 1.96. The number of hydrogen-bond acceptors (Lipinski definition) is 1. The molecule has 0 amide bonds. The number of fused-ring (bicyclic) bond motifs is 2. The number of alkyl halides is 1. The van der Waals surface area contributed by atoms with Crippen molar-refractivity contribution in [2.45, 2.75) is 25.4 Å². The zero-order chi connectivity index (χ0) is 6.32. The summed E-state index contributed by atoms with van der Waals surface area (Å²) in [4.78, 5) is 0. The van der Waals surface area contributed by atoms with Gasteiger partial charge in [-0.2, -0.15) is 0 Å². The van der Waals surface area contributed by atoms with Crippen molar-refractivity contribution in [1.29, 1.82) is 0 Å². The lowest BCUT2D eigenvalue weighted by molar-refractivity contribution is 0.0582. The maximum Gasteiger partial charge on any atom is 0.0582 e. The molecular formula is C7H11BrO. The van der Waals surface area contributed by atoms with Crippen LogP contribution in [0.3, 0.4) is 0 Å². The van der Waals surface area contributed by atoms with Gasteiger partial charge >= 0.3 is 0 Å². The lowest BCUT2D eigenvalue weighted by Gasteiger charge is -2.21. The highest BCUT2D eigenvalue weighted by Crippen LogP contribution is 2.46. The molecule has 2 atom stereocenters. The predicted molar refractivity (Wildman–Crippen MR) is 39.8 cm³/mol. The van der Waals surface area contributed by atoms with Crippen LogP contribution >= 0.6 is 15.9 Å². The SMILES string of the molecule is BrCC12CCC(C1)OC2. The Morgan fingerprint density at radius 1 is 1.67 bits per heavy atom. The Bertz CT molecular complexity index is 116. The molecule has 0 spiro atoms. The molecule has 2 bridgehead atoms. The smallest absolute Gasteiger partial charge is 0.0582 e. The van der Waals surface area contributed by atoms with Gasteiger partial charge in [-0.3, -0.25) is 0 Å². The fraction of sp³-hybridized carbons (Fsp3) is 1.00. The first-order chi connectivity index (χ1) is 4.35. The highest BCUT2D eigenvalue weighted by atomic mass is 79.9. The minimum absolute atomic E-state index is 0.546. The van der Waals surface area contributed by atoms with Gasteiger partial charge in [0.2, 0.25) is 0 Å². The van der Waals surface area contributed by atoms with Crippen LogP contribution in [0, 0.1) is 5.41 Å². The molecule has 2 aliphatic rings. The first kappa shape index (κ1) is 6.17. The summed E-state index contributed by atoms with van der Waals surface area (Å²) in [6, 6.07) is 0. The van der Waals surface area contributed by atoms with Crippen LogP contribution < -0.4 is 0 Å². The van der Waals surface area contributed by atoms with E-state index in [2.05, 4.69) is 15.9 Å². The zero-order valence-electron chi connectivity index (χ0n) is 5.40. The number of hydrogen-bond donors (Lipinski definition) is 0. The molecule has 1 aliphatic carbocycles. The molecule has 52 valence electrons. The van der Waals surface area contributed by atoms with Crippen molar-refractivity contribution in [3.63, 3.8) is 0 Å². The van der Waals surface area contributed by atoms with E-state index in [0.717, 1.165) is 11.9 Å². The van der Waals surface area contributed by atoms with E-state index in [4.69, 9.17) is 4.74 Å². The van der Waals surface area contributed by atoms with Gasteiger partial charge in [-0.25, -0.2) is 0 Å². The summed E-state index contributed by atoms with van der Waals surface area (Å²) < 4.78 is 5.52. The van der Waals surface area contributed by atoms with Crippen LogP contribution in [0.25, 0.3) is 0 Å². The minimum atomic E-state index is 0.546. The lowest BCUT2D eigenvalue weighted by Crippen LogP contribution is -2.21. The van der Waals surface area contributed by atoms with Gasteiger partial charge in [0.25, 0.3) is 0 Å². The number of ether oxygens (including phenoxy) is 1. The average molecular weight is 191 g/mol. The van der Waals surface area contributed by atoms with Gasteiger partial charge in [0.05, 0.1) is 12.7 Å². The molecule has 1 aliphatic heterocycles. The first-order valence-electron chi connectivity index (χ1n) is 3.52. The van der Waals surface area contributed by atoms with Crippen LogP contribution in [0.2, 0.25) is 0 Å². The Labute approximate surface area is 63.9 Å². The van der Waals surface area contributed by atoms with Gasteiger partial charge in [0, 0.05) is 10.7 Å². The normalized spacial score (nSPS) is 48.3. The maximum absolute atomic E-state index is 5.52. The van der Waals surface area contributed by atoms with Crippen molar-refractivity contribution < 1.29 is 4.74 Å². The van der Waals surface area contributed by atoms with Gasteiger partial charge in [-0.15, -0.1) is 0 Å². The van der Waals surface area contributed by atoms with Gasteiger partial charge in [0.1, 0.15) is 0 Å². The Kier molecular flexibility index (Phi) is 1.34. The van der Waals surface area contributed by atoms with Crippen molar-refractivity contribution in [3.05, 3.63) is 0 Å². The molecule has 2 unspecified atom stereocenters. The molecule has 2 fully saturated rings. The summed E-state index contributed by atoms with van der Waals surface area (Å²) in [6.45, 7) is 1.00. The highest BCUT2D eigenvalue weighted by Gasteiger charge is 2.44. The molecule has 1 nitrogen and oxygen atoms in total. The Morgan fingerprint density at radius 3 is 2.78 bits per heavy atom. The summed E-state index contributed by atoms with van der Waals surface area (Å²) in [6.07, 6.45) is 4.59. The Hall–Kier alpha value is 0.440. The summed E-state index contributed by atoms with van der Waals surface area (Å²) in [5.41, 5.74) is 0.546. The van der Waals surface area contributed by atoms with Crippen molar-refractivity contribution in [2.24, 2.45) is 5.41 Å². The van der Waals surface area contributed by atoms with Crippen molar-refractivity contribution in [1.82, 2.24) is 0 Å². The molecule has 0 aromatic heterocycles. The van der Waals surface area contributed by atoms with Crippen LogP contribution in [0.1, 0.15) is 19.3 Å². The molecule has 1 saturated carbocycles. The fourth-order valence-corrected chi connectivity index (χ4v) is 2.55. The standard InChI is InChI=1S/C7H11BrO/c8-4-7-2-1-6(3-7)9-5-7/h6H,1-5H2. The van der Waals surface area contributed by atoms with Crippen LogP contribution in [0.4, 0.5) is 0 Å².